The van der Waals surface area contributed by atoms with E-state index in [0.29, 0.717) is 5.75 Å². The molecule has 5 nitrogen and oxygen atoms in total. The molecular formula is C9H8N2O3. The van der Waals surface area contributed by atoms with Crippen LogP contribution in [0.3, 0.4) is 0 Å². The quantitative estimate of drug-likeness (QED) is 0.642. The molecule has 0 N–H and O–H groups in total. The number of hydrogen-bond acceptors (Lipinski definition) is 4. The molecule has 0 saturated carbocycles. The second-order valence-electron chi connectivity index (χ2n) is 2.61. The van der Waals surface area contributed by atoms with Gasteiger partial charge in [-0.1, -0.05) is 0 Å². The molecule has 0 aliphatic carbocycles. The van der Waals surface area contributed by atoms with Gasteiger partial charge in [0.1, 0.15) is 5.65 Å². The van der Waals surface area contributed by atoms with E-state index in [2.05, 4.69) is 9.72 Å². The molecule has 0 radical (unpaired) electrons. The number of carbonyl (C=O) groups is 1. The number of nitrogens with zero attached hydrogens (tertiary/aromatic N) is 2. The minimum absolute atomic E-state index is 0.419. The fourth-order valence-corrected chi connectivity index (χ4v) is 1.10. The Balaban J connectivity index is 2.30. The zero-order valence-corrected chi connectivity index (χ0v) is 7.51. The van der Waals surface area contributed by atoms with Gasteiger partial charge in [-0.05, 0) is 12.1 Å². The van der Waals surface area contributed by atoms with Gasteiger partial charge in [-0.2, -0.15) is 0 Å². The molecule has 2 rings (SSSR count). The summed E-state index contributed by atoms with van der Waals surface area (Å²) in [6, 6.07) is 3.40. The molecule has 0 amide bonds. The number of rotatable bonds is 1. The summed E-state index contributed by atoms with van der Waals surface area (Å²) < 4.78 is 10.9. The third-order valence-corrected chi connectivity index (χ3v) is 1.73. The summed E-state index contributed by atoms with van der Waals surface area (Å²) >= 11 is 0. The number of carbonyl (C=O) groups excluding carboxylic acids is 1. The number of aromatic nitrogens is 2. The van der Waals surface area contributed by atoms with Crippen LogP contribution in [0.25, 0.3) is 5.65 Å². The SMILES string of the molecule is COC(=O)Oc1ccc2nccn2c1. The van der Waals surface area contributed by atoms with Gasteiger partial charge in [-0.25, -0.2) is 9.78 Å². The molecule has 5 heteroatoms. The second kappa shape index (κ2) is 3.37. The van der Waals surface area contributed by atoms with Crippen LogP contribution in [0.5, 0.6) is 5.75 Å². The van der Waals surface area contributed by atoms with Gasteiger partial charge in [-0.3, -0.25) is 0 Å². The van der Waals surface area contributed by atoms with Crippen LogP contribution >= 0.6 is 0 Å². The molecule has 0 saturated heterocycles. The molecule has 0 spiro atoms. The fraction of sp³-hybridized carbons (Fsp3) is 0.111. The third kappa shape index (κ3) is 1.52. The van der Waals surface area contributed by atoms with Crippen molar-refractivity contribution in [2.24, 2.45) is 0 Å². The fourth-order valence-electron chi connectivity index (χ4n) is 1.10. The lowest BCUT2D eigenvalue weighted by Crippen LogP contribution is -2.07. The summed E-state index contributed by atoms with van der Waals surface area (Å²) in [7, 11) is 1.26. The Morgan fingerprint density at radius 2 is 2.36 bits per heavy atom. The molecule has 0 atom stereocenters. The number of fused-ring (bicyclic) bond motifs is 1. The lowest BCUT2D eigenvalue weighted by molar-refractivity contribution is 0.121. The first-order valence-corrected chi connectivity index (χ1v) is 3.98. The summed E-state index contributed by atoms with van der Waals surface area (Å²) in [5.41, 5.74) is 0.794. The minimum atomic E-state index is -0.732. The molecule has 2 heterocycles. The van der Waals surface area contributed by atoms with Crippen molar-refractivity contribution in [2.45, 2.75) is 0 Å². The van der Waals surface area contributed by atoms with Crippen molar-refractivity contribution in [2.75, 3.05) is 7.11 Å². The highest BCUT2D eigenvalue weighted by molar-refractivity contribution is 5.63. The first-order chi connectivity index (χ1) is 6.79. The van der Waals surface area contributed by atoms with Gasteiger partial charge in [-0.15, -0.1) is 0 Å². The van der Waals surface area contributed by atoms with E-state index in [-0.39, 0.29) is 0 Å². The standard InChI is InChI=1S/C9H8N2O3/c1-13-9(12)14-7-2-3-8-10-4-5-11(8)6-7/h2-6H,1H3. The van der Waals surface area contributed by atoms with E-state index in [4.69, 9.17) is 4.74 Å². The highest BCUT2D eigenvalue weighted by Crippen LogP contribution is 2.12. The summed E-state index contributed by atoms with van der Waals surface area (Å²) in [6.45, 7) is 0. The van der Waals surface area contributed by atoms with E-state index in [1.54, 1.807) is 35.1 Å². The Morgan fingerprint density at radius 1 is 1.50 bits per heavy atom. The molecule has 2 aromatic rings. The summed E-state index contributed by atoms with van der Waals surface area (Å²) in [4.78, 5) is 14.8. The van der Waals surface area contributed by atoms with Crippen LogP contribution in [0.2, 0.25) is 0 Å². The van der Waals surface area contributed by atoms with Gasteiger partial charge in [0.25, 0.3) is 0 Å². The van der Waals surface area contributed by atoms with E-state index in [1.165, 1.54) is 7.11 Å². The van der Waals surface area contributed by atoms with E-state index >= 15 is 0 Å². The van der Waals surface area contributed by atoms with Gasteiger partial charge in [0.2, 0.25) is 0 Å². The smallest absolute Gasteiger partial charge is 0.437 e. The lowest BCUT2D eigenvalue weighted by atomic mass is 10.4. The van der Waals surface area contributed by atoms with Gasteiger partial charge in [0, 0.05) is 12.4 Å². The molecule has 0 fully saturated rings. The number of ether oxygens (including phenoxy) is 2. The van der Waals surface area contributed by atoms with Gasteiger partial charge in [0.05, 0.1) is 13.3 Å². The zero-order valence-electron chi connectivity index (χ0n) is 7.51. The Labute approximate surface area is 79.9 Å². The monoisotopic (exact) mass is 192 g/mol. The van der Waals surface area contributed by atoms with Gasteiger partial charge < -0.3 is 13.9 Å². The lowest BCUT2D eigenvalue weighted by Gasteiger charge is -2.02. The second-order valence-corrected chi connectivity index (χ2v) is 2.61. The number of imidazole rings is 1. The zero-order chi connectivity index (χ0) is 9.97. The molecular weight excluding hydrogens is 184 g/mol. The third-order valence-electron chi connectivity index (χ3n) is 1.73. The average Bonchev–Trinajstić information content (AvgIpc) is 2.64. The maximum atomic E-state index is 10.8. The average molecular weight is 192 g/mol. The maximum absolute atomic E-state index is 10.8. The normalized spacial score (nSPS) is 10.1. The molecule has 0 unspecified atom stereocenters. The first-order valence-electron chi connectivity index (χ1n) is 3.98. The molecule has 2 aromatic heterocycles. The van der Waals surface area contributed by atoms with Crippen LogP contribution in [0, 0.1) is 0 Å². The summed E-state index contributed by atoms with van der Waals surface area (Å²) in [5, 5.41) is 0. The van der Waals surface area contributed by atoms with Crippen molar-refractivity contribution >= 4 is 11.8 Å². The Kier molecular flexibility index (Phi) is 2.06. The first kappa shape index (κ1) is 8.55. The van der Waals surface area contributed by atoms with Gasteiger partial charge in [0.15, 0.2) is 5.75 Å². The van der Waals surface area contributed by atoms with Crippen LogP contribution in [0.15, 0.2) is 30.7 Å². The molecule has 0 bridgehead atoms. The molecule has 0 aliphatic heterocycles. The summed E-state index contributed by atoms with van der Waals surface area (Å²) in [5.74, 6) is 0.419. The topological polar surface area (TPSA) is 52.8 Å². The number of methoxy groups -OCH3 is 1. The van der Waals surface area contributed by atoms with Gasteiger partial charge >= 0.3 is 6.16 Å². The largest absolute Gasteiger partial charge is 0.513 e. The Hall–Kier alpha value is -2.04. The minimum Gasteiger partial charge on any atom is -0.437 e. The number of pyridine rings is 1. The van der Waals surface area contributed by atoms with Crippen LogP contribution in [0.1, 0.15) is 0 Å². The highest BCUT2D eigenvalue weighted by Gasteiger charge is 2.03. The molecule has 72 valence electrons. The van der Waals surface area contributed by atoms with E-state index in [0.717, 1.165) is 5.65 Å². The van der Waals surface area contributed by atoms with Crippen molar-refractivity contribution in [1.82, 2.24) is 9.38 Å². The Bertz CT molecular complexity index is 464. The highest BCUT2D eigenvalue weighted by atomic mass is 16.7. The predicted octanol–water partition coefficient (Wildman–Crippen LogP) is 1.48. The predicted molar refractivity (Wildman–Crippen MR) is 48.2 cm³/mol. The van der Waals surface area contributed by atoms with Crippen molar-refractivity contribution in [1.29, 1.82) is 0 Å². The number of hydrogen-bond donors (Lipinski definition) is 0. The molecule has 14 heavy (non-hydrogen) atoms. The van der Waals surface area contributed by atoms with Crippen LogP contribution < -0.4 is 4.74 Å². The van der Waals surface area contributed by atoms with Crippen molar-refractivity contribution < 1.29 is 14.3 Å². The van der Waals surface area contributed by atoms with Crippen LogP contribution in [-0.4, -0.2) is 22.6 Å². The van der Waals surface area contributed by atoms with E-state index < -0.39 is 6.16 Å². The van der Waals surface area contributed by atoms with Crippen molar-refractivity contribution in [3.05, 3.63) is 30.7 Å². The molecule has 0 aliphatic rings. The van der Waals surface area contributed by atoms with Crippen molar-refractivity contribution in [3.63, 3.8) is 0 Å². The van der Waals surface area contributed by atoms with Crippen LogP contribution in [0.4, 0.5) is 4.79 Å². The van der Waals surface area contributed by atoms with E-state index in [1.807, 2.05) is 0 Å². The Morgan fingerprint density at radius 3 is 3.14 bits per heavy atom. The summed E-state index contributed by atoms with van der Waals surface area (Å²) in [6.07, 6.45) is 4.35. The van der Waals surface area contributed by atoms with Crippen molar-refractivity contribution in [3.8, 4) is 5.75 Å². The van der Waals surface area contributed by atoms with Crippen LogP contribution in [-0.2, 0) is 4.74 Å². The maximum Gasteiger partial charge on any atom is 0.513 e. The van der Waals surface area contributed by atoms with E-state index in [9.17, 15) is 4.79 Å². The molecule has 0 aromatic carbocycles.